The second-order valence-corrected chi connectivity index (χ2v) is 5.01. The summed E-state index contributed by atoms with van der Waals surface area (Å²) in [5, 5.41) is 0. The molecule has 1 aliphatic rings. The molecule has 0 bridgehead atoms. The zero-order chi connectivity index (χ0) is 9.31. The van der Waals surface area contributed by atoms with Crippen LogP contribution in [0.3, 0.4) is 0 Å². The molecule has 1 heteroatoms. The lowest BCUT2D eigenvalue weighted by molar-refractivity contribution is 0.458. The molecule has 68 valence electrons. The largest absolute Gasteiger partial charge is 0.130 e. The molecule has 1 unspecified atom stereocenters. The van der Waals surface area contributed by atoms with Crippen molar-refractivity contribution < 1.29 is 0 Å². The zero-order valence-corrected chi connectivity index (χ0v) is 8.73. The highest BCUT2D eigenvalue weighted by Crippen LogP contribution is 2.50. The lowest BCUT2D eigenvalue weighted by atomic mass is 9.84. The summed E-state index contributed by atoms with van der Waals surface area (Å²) < 4.78 is 0. The molecule has 0 spiro atoms. The molecule has 1 aromatic rings. The third kappa shape index (κ3) is 1.66. The third-order valence-electron chi connectivity index (χ3n) is 2.68. The van der Waals surface area contributed by atoms with Gasteiger partial charge in [-0.1, -0.05) is 43.8 Å². The Morgan fingerprint density at radius 1 is 1.38 bits per heavy atom. The summed E-state index contributed by atoms with van der Waals surface area (Å²) in [4.78, 5) is 1.34. The van der Waals surface area contributed by atoms with E-state index in [0.29, 0.717) is 5.41 Å². The highest BCUT2D eigenvalue weighted by molar-refractivity contribution is 8.04. The van der Waals surface area contributed by atoms with Crippen LogP contribution in [-0.4, -0.2) is 5.75 Å². The highest BCUT2D eigenvalue weighted by atomic mass is 32.2. The molecule has 1 saturated heterocycles. The van der Waals surface area contributed by atoms with Crippen LogP contribution in [0.2, 0.25) is 0 Å². The summed E-state index contributed by atoms with van der Waals surface area (Å²) in [6.45, 7) is 6.38. The quantitative estimate of drug-likeness (QED) is 0.688. The van der Waals surface area contributed by atoms with E-state index in [9.17, 15) is 0 Å². The summed E-state index contributed by atoms with van der Waals surface area (Å²) >= 11 is 1.89. The Bertz CT molecular complexity index is 315. The minimum Gasteiger partial charge on any atom is -0.130 e. The highest BCUT2D eigenvalue weighted by Gasteiger charge is 2.36. The van der Waals surface area contributed by atoms with Gasteiger partial charge >= 0.3 is 0 Å². The summed E-state index contributed by atoms with van der Waals surface area (Å²) in [6, 6.07) is 10.7. The molecule has 1 aromatic carbocycles. The van der Waals surface area contributed by atoms with E-state index < -0.39 is 0 Å². The molecule has 0 nitrogen and oxygen atoms in total. The van der Waals surface area contributed by atoms with Crippen molar-refractivity contribution in [2.45, 2.75) is 13.3 Å². The molecular formula is C12H14S. The molecule has 2 rings (SSSR count). The van der Waals surface area contributed by atoms with Gasteiger partial charge in [-0.2, -0.15) is 0 Å². The van der Waals surface area contributed by atoms with Gasteiger partial charge in [0.2, 0.25) is 0 Å². The first-order chi connectivity index (χ1) is 6.21. The monoisotopic (exact) mass is 190 g/mol. The van der Waals surface area contributed by atoms with Gasteiger partial charge in [-0.15, -0.1) is 11.8 Å². The van der Waals surface area contributed by atoms with Crippen LogP contribution >= 0.6 is 11.8 Å². The minimum atomic E-state index is 0.353. The average molecular weight is 190 g/mol. The van der Waals surface area contributed by atoms with Gasteiger partial charge < -0.3 is 0 Å². The van der Waals surface area contributed by atoms with Gasteiger partial charge in [0.25, 0.3) is 0 Å². The Morgan fingerprint density at radius 3 is 2.54 bits per heavy atom. The van der Waals surface area contributed by atoms with Crippen LogP contribution in [0.1, 0.15) is 12.5 Å². The fourth-order valence-corrected chi connectivity index (χ4v) is 2.63. The van der Waals surface area contributed by atoms with Crippen LogP contribution in [0.25, 0.3) is 0 Å². The molecule has 1 heterocycles. The lowest BCUT2D eigenvalue weighted by Crippen LogP contribution is -2.31. The van der Waals surface area contributed by atoms with Crippen molar-refractivity contribution in [3.05, 3.63) is 47.4 Å². The number of hydrogen-bond acceptors (Lipinski definition) is 1. The molecule has 13 heavy (non-hydrogen) atoms. The molecule has 0 radical (unpaired) electrons. The van der Waals surface area contributed by atoms with Gasteiger partial charge in [0, 0.05) is 11.2 Å². The van der Waals surface area contributed by atoms with Crippen molar-refractivity contribution in [1.82, 2.24) is 0 Å². The molecule has 0 N–H and O–H groups in total. The Labute approximate surface area is 84.0 Å². The summed E-state index contributed by atoms with van der Waals surface area (Å²) in [6.07, 6.45) is 1.14. The molecule has 0 amide bonds. The lowest BCUT2D eigenvalue weighted by Gasteiger charge is -2.40. The van der Waals surface area contributed by atoms with Crippen LogP contribution in [0, 0.1) is 5.41 Å². The van der Waals surface area contributed by atoms with E-state index in [-0.39, 0.29) is 0 Å². The maximum Gasteiger partial charge on any atom is 0.0113 e. The van der Waals surface area contributed by atoms with Gasteiger partial charge in [-0.25, -0.2) is 0 Å². The fraction of sp³-hybridized carbons (Fsp3) is 0.333. The van der Waals surface area contributed by atoms with Crippen molar-refractivity contribution in [3.8, 4) is 0 Å². The number of rotatable bonds is 2. The first-order valence-electron chi connectivity index (χ1n) is 4.57. The van der Waals surface area contributed by atoms with Crippen molar-refractivity contribution >= 4 is 11.8 Å². The normalized spacial score (nSPS) is 27.0. The van der Waals surface area contributed by atoms with Gasteiger partial charge in [0.05, 0.1) is 0 Å². The van der Waals surface area contributed by atoms with Crippen molar-refractivity contribution in [2.24, 2.45) is 5.41 Å². The van der Waals surface area contributed by atoms with Crippen molar-refractivity contribution in [2.75, 3.05) is 5.75 Å². The second kappa shape index (κ2) is 3.22. The maximum atomic E-state index is 4.07. The van der Waals surface area contributed by atoms with Gasteiger partial charge in [-0.3, -0.25) is 0 Å². The molecule has 0 saturated carbocycles. The molecule has 1 atom stereocenters. The standard InChI is InChI=1S/C12H14S/c1-10-12(2,9-13-10)8-11-6-4-3-5-7-11/h3-7H,1,8-9H2,2H3. The van der Waals surface area contributed by atoms with Crippen LogP contribution in [0.5, 0.6) is 0 Å². The second-order valence-electron chi connectivity index (χ2n) is 3.93. The van der Waals surface area contributed by atoms with E-state index in [1.165, 1.54) is 16.2 Å². The predicted molar refractivity (Wildman–Crippen MR) is 59.9 cm³/mol. The summed E-state index contributed by atoms with van der Waals surface area (Å²) in [7, 11) is 0. The Hall–Kier alpha value is -0.690. The van der Waals surface area contributed by atoms with E-state index in [4.69, 9.17) is 0 Å². The van der Waals surface area contributed by atoms with E-state index in [0.717, 1.165) is 6.42 Å². The molecule has 1 aliphatic heterocycles. The summed E-state index contributed by atoms with van der Waals surface area (Å²) in [5.74, 6) is 1.22. The number of allylic oxidation sites excluding steroid dienone is 1. The first-order valence-corrected chi connectivity index (χ1v) is 5.55. The number of benzene rings is 1. The SMILES string of the molecule is C=C1SCC1(C)Cc1ccccc1. The first kappa shape index (κ1) is 8.89. The van der Waals surface area contributed by atoms with E-state index >= 15 is 0 Å². The van der Waals surface area contributed by atoms with Gasteiger partial charge in [-0.05, 0) is 16.9 Å². The van der Waals surface area contributed by atoms with Crippen molar-refractivity contribution in [1.29, 1.82) is 0 Å². The maximum absolute atomic E-state index is 4.07. The molecule has 0 aliphatic carbocycles. The van der Waals surface area contributed by atoms with Gasteiger partial charge in [0.15, 0.2) is 0 Å². The molecular weight excluding hydrogens is 176 g/mol. The fourth-order valence-electron chi connectivity index (χ4n) is 1.62. The Kier molecular flexibility index (Phi) is 2.20. The number of thioether (sulfide) groups is 1. The third-order valence-corrected chi connectivity index (χ3v) is 4.30. The Morgan fingerprint density at radius 2 is 2.08 bits per heavy atom. The van der Waals surface area contributed by atoms with E-state index in [2.05, 4.69) is 43.8 Å². The van der Waals surface area contributed by atoms with Crippen LogP contribution in [0.15, 0.2) is 41.8 Å². The predicted octanol–water partition coefficient (Wildman–Crippen LogP) is 3.50. The van der Waals surface area contributed by atoms with E-state index in [1.54, 1.807) is 0 Å². The van der Waals surface area contributed by atoms with Crippen LogP contribution < -0.4 is 0 Å². The molecule has 0 aromatic heterocycles. The summed E-state index contributed by atoms with van der Waals surface area (Å²) in [5.41, 5.74) is 1.78. The van der Waals surface area contributed by atoms with Crippen LogP contribution in [-0.2, 0) is 6.42 Å². The topological polar surface area (TPSA) is 0 Å². The van der Waals surface area contributed by atoms with Gasteiger partial charge in [0.1, 0.15) is 0 Å². The van der Waals surface area contributed by atoms with Crippen molar-refractivity contribution in [3.63, 3.8) is 0 Å². The van der Waals surface area contributed by atoms with E-state index in [1.807, 2.05) is 11.8 Å². The van der Waals surface area contributed by atoms with Crippen LogP contribution in [0.4, 0.5) is 0 Å². The Balaban J connectivity index is 2.11. The molecule has 1 fully saturated rings. The smallest absolute Gasteiger partial charge is 0.0113 e. The minimum absolute atomic E-state index is 0.353. The number of hydrogen-bond donors (Lipinski definition) is 0. The average Bonchev–Trinajstić information content (AvgIpc) is 2.17. The zero-order valence-electron chi connectivity index (χ0n) is 7.92.